The van der Waals surface area contributed by atoms with Gasteiger partial charge in [-0.3, -0.25) is 4.79 Å². The van der Waals surface area contributed by atoms with Crippen LogP contribution in [0.1, 0.15) is 51.5 Å². The van der Waals surface area contributed by atoms with Crippen molar-refractivity contribution in [2.45, 2.75) is 46.0 Å². The summed E-state index contributed by atoms with van der Waals surface area (Å²) in [5.74, 6) is -2.66. The summed E-state index contributed by atoms with van der Waals surface area (Å²) in [5.41, 5.74) is 1.02. The fourth-order valence-electron chi connectivity index (χ4n) is 4.96. The lowest BCUT2D eigenvalue weighted by atomic mass is 9.57. The Morgan fingerprint density at radius 1 is 1.15 bits per heavy atom. The van der Waals surface area contributed by atoms with E-state index in [1.54, 1.807) is 32.0 Å². The Balaban J connectivity index is 2.26. The molecule has 3 rings (SSSR count). The molecule has 2 N–H and O–H groups in total. The third kappa shape index (κ3) is 3.31. The molecule has 144 valence electrons. The third-order valence-electron chi connectivity index (χ3n) is 6.36. The molecular formula is C22H25ClO4. The van der Waals surface area contributed by atoms with Gasteiger partial charge in [0, 0.05) is 16.5 Å². The fraction of sp³-hybridized carbons (Fsp3) is 0.455. The molecule has 1 aromatic rings. The average Bonchev–Trinajstić information content (AvgIpc) is 2.62. The van der Waals surface area contributed by atoms with Gasteiger partial charge in [-0.05, 0) is 54.5 Å². The fourth-order valence-corrected chi connectivity index (χ4v) is 5.15. The standard InChI is InChI=1S/C22H25ClO4/c1-13-18(15-7-6-10-17(23)11-15)12-22(21(26)27,14(2)19(13)20(24)25)16-8-4-3-5-9-16/h6-7,10-12,14,16H,3-5,8-9H2,1-2H3,(H,24,25)(H,26,27). The third-order valence-corrected chi connectivity index (χ3v) is 6.59. The molecule has 27 heavy (non-hydrogen) atoms. The summed E-state index contributed by atoms with van der Waals surface area (Å²) in [6, 6.07) is 7.16. The van der Waals surface area contributed by atoms with Gasteiger partial charge >= 0.3 is 11.9 Å². The molecule has 0 amide bonds. The number of hydrogen-bond donors (Lipinski definition) is 2. The Hall–Kier alpha value is -2.07. The highest BCUT2D eigenvalue weighted by molar-refractivity contribution is 6.30. The first-order valence-electron chi connectivity index (χ1n) is 9.45. The van der Waals surface area contributed by atoms with E-state index in [2.05, 4.69) is 0 Å². The van der Waals surface area contributed by atoms with Crippen LogP contribution in [0.2, 0.25) is 5.02 Å². The molecule has 0 heterocycles. The van der Waals surface area contributed by atoms with Crippen molar-refractivity contribution in [2.75, 3.05) is 0 Å². The summed E-state index contributed by atoms with van der Waals surface area (Å²) in [7, 11) is 0. The van der Waals surface area contributed by atoms with E-state index in [9.17, 15) is 19.8 Å². The van der Waals surface area contributed by atoms with Crippen LogP contribution in [-0.2, 0) is 9.59 Å². The highest BCUT2D eigenvalue weighted by Gasteiger charge is 2.53. The van der Waals surface area contributed by atoms with Gasteiger partial charge in [0.25, 0.3) is 0 Å². The number of hydrogen-bond acceptors (Lipinski definition) is 2. The first kappa shape index (κ1) is 19.7. The predicted molar refractivity (Wildman–Crippen MR) is 106 cm³/mol. The first-order chi connectivity index (χ1) is 12.8. The van der Waals surface area contributed by atoms with Crippen molar-refractivity contribution in [3.8, 4) is 0 Å². The molecule has 2 atom stereocenters. The second-order valence-corrected chi connectivity index (χ2v) is 8.14. The molecule has 1 saturated carbocycles. The van der Waals surface area contributed by atoms with Crippen molar-refractivity contribution in [3.05, 3.63) is 52.1 Å². The SMILES string of the molecule is CC1=C(C(=O)O)C(C)C(C(=O)O)(C2CCCCC2)C=C1c1cccc(Cl)c1. The molecule has 5 heteroatoms. The number of rotatable bonds is 4. The number of carbonyl (C=O) groups is 2. The molecule has 4 nitrogen and oxygen atoms in total. The van der Waals surface area contributed by atoms with E-state index in [0.29, 0.717) is 16.2 Å². The van der Waals surface area contributed by atoms with E-state index in [0.717, 1.165) is 37.7 Å². The molecule has 2 aliphatic carbocycles. The summed E-state index contributed by atoms with van der Waals surface area (Å²) >= 11 is 6.15. The van der Waals surface area contributed by atoms with Crippen molar-refractivity contribution in [1.82, 2.24) is 0 Å². The minimum Gasteiger partial charge on any atom is -0.481 e. The summed E-state index contributed by atoms with van der Waals surface area (Å²) < 4.78 is 0. The minimum absolute atomic E-state index is 0.0737. The van der Waals surface area contributed by atoms with Gasteiger partial charge in [0.2, 0.25) is 0 Å². The Bertz CT molecular complexity index is 832. The normalized spacial score (nSPS) is 26.6. The van der Waals surface area contributed by atoms with Crippen LogP contribution < -0.4 is 0 Å². The number of halogens is 1. The lowest BCUT2D eigenvalue weighted by molar-refractivity contribution is -0.153. The lowest BCUT2D eigenvalue weighted by Crippen LogP contribution is -2.47. The van der Waals surface area contributed by atoms with Gasteiger partial charge in [-0.15, -0.1) is 0 Å². The van der Waals surface area contributed by atoms with Crippen molar-refractivity contribution in [3.63, 3.8) is 0 Å². The van der Waals surface area contributed by atoms with Crippen molar-refractivity contribution in [2.24, 2.45) is 17.3 Å². The average molecular weight is 389 g/mol. The van der Waals surface area contributed by atoms with Gasteiger partial charge in [-0.25, -0.2) is 4.79 Å². The van der Waals surface area contributed by atoms with Crippen molar-refractivity contribution in [1.29, 1.82) is 0 Å². The van der Waals surface area contributed by atoms with Gasteiger partial charge in [0.05, 0.1) is 5.41 Å². The van der Waals surface area contributed by atoms with E-state index < -0.39 is 23.3 Å². The monoisotopic (exact) mass is 388 g/mol. The highest BCUT2D eigenvalue weighted by Crippen LogP contribution is 2.53. The largest absolute Gasteiger partial charge is 0.481 e. The molecule has 1 aromatic carbocycles. The van der Waals surface area contributed by atoms with Crippen molar-refractivity contribution < 1.29 is 19.8 Å². The molecule has 0 spiro atoms. The molecule has 1 fully saturated rings. The van der Waals surface area contributed by atoms with Crippen LogP contribution in [0.3, 0.4) is 0 Å². The van der Waals surface area contributed by atoms with E-state index in [4.69, 9.17) is 11.6 Å². The Morgan fingerprint density at radius 3 is 2.37 bits per heavy atom. The minimum atomic E-state index is -1.22. The predicted octanol–water partition coefficient (Wildman–Crippen LogP) is 5.43. The van der Waals surface area contributed by atoms with Gasteiger partial charge < -0.3 is 10.2 Å². The first-order valence-corrected chi connectivity index (χ1v) is 9.83. The number of benzene rings is 1. The molecule has 2 unspecified atom stereocenters. The van der Waals surface area contributed by atoms with E-state index >= 15 is 0 Å². The number of aliphatic carboxylic acids is 2. The number of allylic oxidation sites excluding steroid dienone is 2. The maximum Gasteiger partial charge on any atom is 0.332 e. The van der Waals surface area contributed by atoms with Gasteiger partial charge in [-0.1, -0.05) is 56.0 Å². The summed E-state index contributed by atoms with van der Waals surface area (Å²) in [6.07, 6.45) is 6.51. The quantitative estimate of drug-likeness (QED) is 0.721. The smallest absolute Gasteiger partial charge is 0.332 e. The lowest BCUT2D eigenvalue weighted by Gasteiger charge is -2.45. The Labute approximate surface area is 164 Å². The molecule has 0 saturated heterocycles. The molecule has 2 aliphatic rings. The number of carboxylic acid groups (broad SMARTS) is 2. The van der Waals surface area contributed by atoms with Crippen LogP contribution in [0.25, 0.3) is 5.57 Å². The van der Waals surface area contributed by atoms with Crippen LogP contribution in [0.15, 0.2) is 41.5 Å². The van der Waals surface area contributed by atoms with E-state index in [1.165, 1.54) is 0 Å². The van der Waals surface area contributed by atoms with Gasteiger partial charge in [-0.2, -0.15) is 0 Å². The zero-order valence-electron chi connectivity index (χ0n) is 15.7. The molecule has 0 radical (unpaired) electrons. The maximum atomic E-state index is 12.6. The van der Waals surface area contributed by atoms with E-state index in [1.807, 2.05) is 12.1 Å². The maximum absolute atomic E-state index is 12.6. The van der Waals surface area contributed by atoms with Crippen LogP contribution in [-0.4, -0.2) is 22.2 Å². The van der Waals surface area contributed by atoms with Crippen LogP contribution in [0.4, 0.5) is 0 Å². The van der Waals surface area contributed by atoms with Crippen LogP contribution >= 0.6 is 11.6 Å². The Morgan fingerprint density at radius 2 is 1.81 bits per heavy atom. The zero-order valence-corrected chi connectivity index (χ0v) is 16.4. The molecule has 0 bridgehead atoms. The van der Waals surface area contributed by atoms with Crippen LogP contribution in [0, 0.1) is 17.3 Å². The Kier molecular flexibility index (Phi) is 5.48. The second kappa shape index (κ2) is 7.51. The molecular weight excluding hydrogens is 364 g/mol. The topological polar surface area (TPSA) is 74.6 Å². The van der Waals surface area contributed by atoms with Crippen molar-refractivity contribution >= 4 is 29.1 Å². The van der Waals surface area contributed by atoms with E-state index in [-0.39, 0.29) is 11.5 Å². The van der Waals surface area contributed by atoms with Gasteiger partial charge in [0.1, 0.15) is 0 Å². The van der Waals surface area contributed by atoms with Crippen LogP contribution in [0.5, 0.6) is 0 Å². The summed E-state index contributed by atoms with van der Waals surface area (Å²) in [6.45, 7) is 3.51. The second-order valence-electron chi connectivity index (χ2n) is 7.71. The number of carboxylic acids is 2. The highest BCUT2D eigenvalue weighted by atomic mass is 35.5. The molecule has 0 aromatic heterocycles. The zero-order chi connectivity index (χ0) is 19.8. The molecule has 0 aliphatic heterocycles. The summed E-state index contributed by atoms with van der Waals surface area (Å²) in [4.78, 5) is 24.7. The summed E-state index contributed by atoms with van der Waals surface area (Å²) in [5, 5.41) is 20.8. The van der Waals surface area contributed by atoms with Gasteiger partial charge in [0.15, 0.2) is 0 Å².